The van der Waals surface area contributed by atoms with Crippen LogP contribution in [0.25, 0.3) is 0 Å². The van der Waals surface area contributed by atoms with Crippen molar-refractivity contribution < 1.29 is 13.2 Å². The zero-order valence-corrected chi connectivity index (χ0v) is 19.3. The maximum absolute atomic E-state index is 11.6. The van der Waals surface area contributed by atoms with Crippen LogP contribution in [0.3, 0.4) is 0 Å². The van der Waals surface area contributed by atoms with E-state index in [1.54, 1.807) is 13.0 Å². The van der Waals surface area contributed by atoms with Crippen LogP contribution in [0.1, 0.15) is 38.3 Å². The van der Waals surface area contributed by atoms with E-state index in [4.69, 9.17) is 4.74 Å². The Hall–Kier alpha value is -0.600. The highest BCUT2D eigenvalue weighted by molar-refractivity contribution is 7.90. The molecule has 0 amide bonds. The largest absolute Gasteiger partial charge is 0.491 e. The van der Waals surface area contributed by atoms with Gasteiger partial charge in [-0.3, -0.25) is 4.90 Å². The summed E-state index contributed by atoms with van der Waals surface area (Å²) >= 11 is 0. The molecule has 2 heterocycles. The Morgan fingerprint density at radius 3 is 2.46 bits per heavy atom. The highest BCUT2D eigenvalue weighted by atomic mass is 35.5. The number of aryl methyl sites for hydroxylation is 1. The van der Waals surface area contributed by atoms with E-state index < -0.39 is 9.84 Å². The summed E-state index contributed by atoms with van der Waals surface area (Å²) in [4.78, 5) is 6.84. The van der Waals surface area contributed by atoms with Crippen molar-refractivity contribution in [2.45, 2.75) is 56.6 Å². The van der Waals surface area contributed by atoms with E-state index in [1.807, 2.05) is 0 Å². The number of ether oxygens (including phenoxy) is 1. The summed E-state index contributed by atoms with van der Waals surface area (Å²) in [5.74, 6) is 1.26. The molecule has 9 heteroatoms. The Kier molecular flexibility index (Phi) is 9.97. The van der Waals surface area contributed by atoms with Gasteiger partial charge in [-0.1, -0.05) is 0 Å². The van der Waals surface area contributed by atoms with Gasteiger partial charge in [-0.25, -0.2) is 13.4 Å². The molecule has 162 valence electrons. The average molecular weight is 454 g/mol. The number of nitrogens with zero attached hydrogens (tertiary/aromatic N) is 2. The van der Waals surface area contributed by atoms with Gasteiger partial charge in [-0.2, -0.15) is 0 Å². The quantitative estimate of drug-likeness (QED) is 0.738. The molecule has 1 aromatic rings. The third-order valence-electron chi connectivity index (χ3n) is 5.70. The lowest BCUT2D eigenvalue weighted by molar-refractivity contribution is 0.0708. The van der Waals surface area contributed by atoms with Crippen molar-refractivity contribution in [2.24, 2.45) is 5.92 Å². The van der Waals surface area contributed by atoms with E-state index in [0.717, 1.165) is 19.6 Å². The van der Waals surface area contributed by atoms with Crippen molar-refractivity contribution in [3.8, 4) is 5.75 Å². The lowest BCUT2D eigenvalue weighted by Crippen LogP contribution is -2.54. The summed E-state index contributed by atoms with van der Waals surface area (Å²) < 4.78 is 29.1. The fourth-order valence-corrected chi connectivity index (χ4v) is 4.75. The van der Waals surface area contributed by atoms with Crippen LogP contribution >= 0.6 is 24.8 Å². The second-order valence-corrected chi connectivity index (χ2v) is 9.74. The normalized spacial score (nSPS) is 26.0. The molecule has 1 aliphatic heterocycles. The maximum atomic E-state index is 11.6. The van der Waals surface area contributed by atoms with Gasteiger partial charge in [0.05, 0.1) is 12.3 Å². The molecule has 1 N–H and O–H groups in total. The second-order valence-electron chi connectivity index (χ2n) is 7.78. The van der Waals surface area contributed by atoms with E-state index >= 15 is 0 Å². The number of rotatable bonds is 5. The van der Waals surface area contributed by atoms with Crippen LogP contribution in [0.4, 0.5) is 0 Å². The number of nitrogens with one attached hydrogen (secondary N) is 1. The Morgan fingerprint density at radius 1 is 1.21 bits per heavy atom. The fraction of sp³-hybridized carbons (Fsp3) is 0.737. The topological polar surface area (TPSA) is 71.5 Å². The van der Waals surface area contributed by atoms with Gasteiger partial charge in [-0.05, 0) is 57.6 Å². The van der Waals surface area contributed by atoms with Gasteiger partial charge in [0.2, 0.25) is 0 Å². The molecule has 6 nitrogen and oxygen atoms in total. The van der Waals surface area contributed by atoms with E-state index in [1.165, 1.54) is 38.0 Å². The Balaban J connectivity index is 0.00000196. The highest BCUT2D eigenvalue weighted by Gasteiger charge is 2.30. The molecule has 28 heavy (non-hydrogen) atoms. The van der Waals surface area contributed by atoms with Crippen LogP contribution in [-0.4, -0.2) is 62.9 Å². The summed E-state index contributed by atoms with van der Waals surface area (Å²) in [5.41, 5.74) is 0.635. The molecule has 3 rings (SSSR count). The Bertz CT molecular complexity index is 725. The van der Waals surface area contributed by atoms with E-state index in [2.05, 4.69) is 22.1 Å². The number of halogens is 2. The Morgan fingerprint density at radius 2 is 1.89 bits per heavy atom. The summed E-state index contributed by atoms with van der Waals surface area (Å²) in [6.07, 6.45) is 6.03. The molecule has 1 aliphatic carbocycles. The van der Waals surface area contributed by atoms with Crippen molar-refractivity contribution in [2.75, 3.05) is 32.5 Å². The molecule has 0 spiro atoms. The highest BCUT2D eigenvalue weighted by Crippen LogP contribution is 2.30. The van der Waals surface area contributed by atoms with E-state index in [9.17, 15) is 8.42 Å². The lowest BCUT2D eigenvalue weighted by atomic mass is 9.85. The molecule has 2 fully saturated rings. The van der Waals surface area contributed by atoms with Gasteiger partial charge in [-0.15, -0.1) is 24.8 Å². The number of aromatic nitrogens is 1. The first-order valence-electron chi connectivity index (χ1n) is 9.61. The van der Waals surface area contributed by atoms with Gasteiger partial charge in [0.25, 0.3) is 0 Å². The molecule has 1 atom stereocenters. The van der Waals surface area contributed by atoms with Gasteiger partial charge < -0.3 is 10.1 Å². The molecule has 0 bridgehead atoms. The van der Waals surface area contributed by atoms with Crippen LogP contribution < -0.4 is 10.1 Å². The minimum atomic E-state index is -3.27. The van der Waals surface area contributed by atoms with Crippen molar-refractivity contribution in [3.63, 3.8) is 0 Å². The standard InChI is InChI=1S/C19H31N3O3S.2ClH/c1-14-12-20-10-11-22(14)17-6-4-16(5-7-17)13-25-18-8-9-19(21-15(18)2)26(3,23)24;;/h8-9,14,16-17,20H,4-7,10-13H2,1-3H3;2*1H/t14-,16?,17?;;/m0../s1. The first-order chi connectivity index (χ1) is 12.3. The SMILES string of the molecule is Cc1nc(S(C)(=O)=O)ccc1OCC1CCC(N2CCNC[C@@H]2C)CC1.Cl.Cl. The van der Waals surface area contributed by atoms with E-state index in [0.29, 0.717) is 36.1 Å². The molecular weight excluding hydrogens is 421 g/mol. The van der Waals surface area contributed by atoms with Crippen LogP contribution in [0.15, 0.2) is 17.2 Å². The molecule has 1 aromatic heterocycles. The average Bonchev–Trinajstić information content (AvgIpc) is 2.61. The predicted molar refractivity (Wildman–Crippen MR) is 117 cm³/mol. The molecular formula is C19H33Cl2N3O3S. The van der Waals surface area contributed by atoms with Crippen molar-refractivity contribution in [1.82, 2.24) is 15.2 Å². The second kappa shape index (κ2) is 11.0. The first-order valence-corrected chi connectivity index (χ1v) is 11.5. The zero-order chi connectivity index (χ0) is 18.7. The molecule has 0 radical (unpaired) electrons. The van der Waals surface area contributed by atoms with Gasteiger partial charge in [0.15, 0.2) is 14.9 Å². The Labute approximate surface area is 181 Å². The lowest BCUT2D eigenvalue weighted by Gasteiger charge is -2.43. The van der Waals surface area contributed by atoms with Gasteiger partial charge >= 0.3 is 0 Å². The van der Waals surface area contributed by atoms with Crippen LogP contribution in [0.5, 0.6) is 5.75 Å². The third-order valence-corrected chi connectivity index (χ3v) is 6.69. The smallest absolute Gasteiger partial charge is 0.192 e. The summed E-state index contributed by atoms with van der Waals surface area (Å²) in [7, 11) is -3.27. The minimum Gasteiger partial charge on any atom is -0.491 e. The molecule has 0 unspecified atom stereocenters. The van der Waals surface area contributed by atoms with Crippen LogP contribution in [0, 0.1) is 12.8 Å². The molecule has 1 saturated carbocycles. The van der Waals surface area contributed by atoms with Crippen molar-refractivity contribution in [1.29, 1.82) is 0 Å². The van der Waals surface area contributed by atoms with Gasteiger partial charge in [0, 0.05) is 38.0 Å². The molecule has 2 aliphatic rings. The van der Waals surface area contributed by atoms with Crippen molar-refractivity contribution in [3.05, 3.63) is 17.8 Å². The number of pyridine rings is 1. The number of hydrogen-bond acceptors (Lipinski definition) is 6. The summed E-state index contributed by atoms with van der Waals surface area (Å²) in [6, 6.07) is 4.59. The molecule has 1 saturated heterocycles. The third kappa shape index (κ3) is 6.46. The fourth-order valence-electron chi connectivity index (χ4n) is 4.13. The zero-order valence-electron chi connectivity index (χ0n) is 16.9. The minimum absolute atomic E-state index is 0. The van der Waals surface area contributed by atoms with E-state index in [-0.39, 0.29) is 29.8 Å². The van der Waals surface area contributed by atoms with Crippen LogP contribution in [0.2, 0.25) is 0 Å². The number of sulfone groups is 1. The van der Waals surface area contributed by atoms with Gasteiger partial charge in [0.1, 0.15) is 5.75 Å². The molecule has 0 aromatic carbocycles. The maximum Gasteiger partial charge on any atom is 0.192 e. The van der Waals surface area contributed by atoms with Crippen molar-refractivity contribution >= 4 is 34.7 Å². The number of hydrogen-bond donors (Lipinski definition) is 1. The first kappa shape index (κ1) is 25.4. The van der Waals surface area contributed by atoms with Crippen LogP contribution in [-0.2, 0) is 9.84 Å². The monoisotopic (exact) mass is 453 g/mol. The summed E-state index contributed by atoms with van der Waals surface area (Å²) in [5, 5.41) is 3.57. The predicted octanol–water partition coefficient (Wildman–Crippen LogP) is 2.87. The summed E-state index contributed by atoms with van der Waals surface area (Å²) in [6.45, 7) is 8.15. The number of piperazine rings is 1.